The first-order chi connectivity index (χ1) is 11.1. The Morgan fingerprint density at radius 1 is 0.870 bits per heavy atom. The van der Waals surface area contributed by atoms with E-state index in [0.717, 1.165) is 15.6 Å². The van der Waals surface area contributed by atoms with E-state index in [0.29, 0.717) is 19.5 Å². The second-order valence-electron chi connectivity index (χ2n) is 5.17. The van der Waals surface area contributed by atoms with E-state index < -0.39 is 0 Å². The lowest BCUT2D eigenvalue weighted by Crippen LogP contribution is -2.31. The van der Waals surface area contributed by atoms with Crippen LogP contribution >= 0.6 is 15.9 Å². The molecule has 5 heteroatoms. The van der Waals surface area contributed by atoms with E-state index in [-0.39, 0.29) is 18.2 Å². The van der Waals surface area contributed by atoms with Gasteiger partial charge in [-0.05, 0) is 23.3 Å². The number of rotatable bonds is 7. The molecule has 4 nitrogen and oxygen atoms in total. The molecule has 0 radical (unpaired) electrons. The van der Waals surface area contributed by atoms with Gasteiger partial charge < -0.3 is 10.6 Å². The normalized spacial score (nSPS) is 10.1. The Balaban J connectivity index is 1.63. The summed E-state index contributed by atoms with van der Waals surface area (Å²) in [5.41, 5.74) is 1.99. The van der Waals surface area contributed by atoms with Gasteiger partial charge >= 0.3 is 0 Å². The summed E-state index contributed by atoms with van der Waals surface area (Å²) < 4.78 is 0.984. The third-order valence-corrected chi connectivity index (χ3v) is 3.75. The number of hydrogen-bond acceptors (Lipinski definition) is 2. The summed E-state index contributed by atoms with van der Waals surface area (Å²) in [7, 11) is 0. The molecule has 0 heterocycles. The molecule has 0 saturated heterocycles. The van der Waals surface area contributed by atoms with Crippen LogP contribution in [0.4, 0.5) is 0 Å². The van der Waals surface area contributed by atoms with Crippen molar-refractivity contribution in [2.45, 2.75) is 19.4 Å². The van der Waals surface area contributed by atoms with Gasteiger partial charge in [0.05, 0.1) is 6.42 Å². The van der Waals surface area contributed by atoms with Crippen molar-refractivity contribution in [2.24, 2.45) is 0 Å². The highest BCUT2D eigenvalue weighted by Gasteiger charge is 2.05. The van der Waals surface area contributed by atoms with Gasteiger partial charge in [-0.25, -0.2) is 0 Å². The molecule has 2 aromatic rings. The summed E-state index contributed by atoms with van der Waals surface area (Å²) in [6.45, 7) is 0.826. The van der Waals surface area contributed by atoms with Crippen LogP contribution in [-0.2, 0) is 22.6 Å². The monoisotopic (exact) mass is 374 g/mol. The summed E-state index contributed by atoms with van der Waals surface area (Å²) in [6.07, 6.45) is 0.606. The molecule has 0 aliphatic rings. The summed E-state index contributed by atoms with van der Waals surface area (Å²) in [5, 5.41) is 5.60. The molecule has 0 unspecified atom stereocenters. The summed E-state index contributed by atoms with van der Waals surface area (Å²) in [5.74, 6) is -0.152. The van der Waals surface area contributed by atoms with Crippen molar-refractivity contribution < 1.29 is 9.59 Å². The maximum Gasteiger partial charge on any atom is 0.224 e. The van der Waals surface area contributed by atoms with Gasteiger partial charge in [0.2, 0.25) is 11.8 Å². The minimum absolute atomic E-state index is 0.0732. The second-order valence-corrected chi connectivity index (χ2v) is 6.08. The van der Waals surface area contributed by atoms with Crippen molar-refractivity contribution in [3.8, 4) is 0 Å². The van der Waals surface area contributed by atoms with Crippen LogP contribution in [0.15, 0.2) is 59.1 Å². The molecule has 2 rings (SSSR count). The van der Waals surface area contributed by atoms with Crippen molar-refractivity contribution in [1.82, 2.24) is 10.6 Å². The molecule has 2 N–H and O–H groups in total. The lowest BCUT2D eigenvalue weighted by Gasteiger charge is -2.07. The number of carbonyl (C=O) groups is 2. The Morgan fingerprint density at radius 3 is 2.35 bits per heavy atom. The van der Waals surface area contributed by atoms with Gasteiger partial charge in [-0.2, -0.15) is 0 Å². The van der Waals surface area contributed by atoms with Crippen LogP contribution < -0.4 is 10.6 Å². The zero-order chi connectivity index (χ0) is 16.5. The van der Waals surface area contributed by atoms with Crippen molar-refractivity contribution in [1.29, 1.82) is 0 Å². The molecule has 0 aliphatic carbocycles. The van der Waals surface area contributed by atoms with E-state index in [1.807, 2.05) is 54.6 Å². The quantitative estimate of drug-likeness (QED) is 0.782. The molecule has 23 heavy (non-hydrogen) atoms. The van der Waals surface area contributed by atoms with Gasteiger partial charge in [-0.3, -0.25) is 9.59 Å². The fourth-order valence-corrected chi connectivity index (χ4v) is 2.54. The highest BCUT2D eigenvalue weighted by atomic mass is 79.9. The third-order valence-electron chi connectivity index (χ3n) is 3.26. The molecule has 0 aromatic heterocycles. The molecular formula is C18H19BrN2O2. The first kappa shape index (κ1) is 17.2. The van der Waals surface area contributed by atoms with Crippen molar-refractivity contribution in [3.05, 3.63) is 70.2 Å². The largest absolute Gasteiger partial charge is 0.355 e. The van der Waals surface area contributed by atoms with Crippen LogP contribution in [0.2, 0.25) is 0 Å². The van der Waals surface area contributed by atoms with E-state index >= 15 is 0 Å². The minimum Gasteiger partial charge on any atom is -0.355 e. The standard InChI is InChI=1S/C18H19BrN2O2/c19-16-8-4-7-15(11-16)13-21-17(22)9-10-20-18(23)12-14-5-2-1-3-6-14/h1-8,11H,9-10,12-13H2,(H,20,23)(H,21,22). The lowest BCUT2D eigenvalue weighted by molar-refractivity contribution is -0.122. The number of carbonyl (C=O) groups excluding carboxylic acids is 2. The molecule has 0 bridgehead atoms. The number of amides is 2. The Labute approximate surface area is 144 Å². The Kier molecular flexibility index (Phi) is 6.81. The smallest absolute Gasteiger partial charge is 0.224 e. The van der Waals surface area contributed by atoms with Gasteiger partial charge in [0, 0.05) is 24.0 Å². The van der Waals surface area contributed by atoms with E-state index in [1.54, 1.807) is 0 Å². The zero-order valence-electron chi connectivity index (χ0n) is 12.7. The molecule has 0 fully saturated rings. The third kappa shape index (κ3) is 6.65. The van der Waals surface area contributed by atoms with Crippen LogP contribution in [0, 0.1) is 0 Å². The molecule has 0 spiro atoms. The number of halogens is 1. The van der Waals surface area contributed by atoms with Gasteiger partial charge in [0.15, 0.2) is 0 Å². The van der Waals surface area contributed by atoms with Crippen LogP contribution in [0.3, 0.4) is 0 Å². The summed E-state index contributed by atoms with van der Waals surface area (Å²) in [4.78, 5) is 23.5. The summed E-state index contributed by atoms with van der Waals surface area (Å²) >= 11 is 3.39. The average molecular weight is 375 g/mol. The molecule has 2 amide bonds. The predicted molar refractivity (Wildman–Crippen MR) is 93.8 cm³/mol. The fourth-order valence-electron chi connectivity index (χ4n) is 2.10. The summed E-state index contributed by atoms with van der Waals surface area (Å²) in [6, 6.07) is 17.3. The maximum absolute atomic E-state index is 11.8. The highest BCUT2D eigenvalue weighted by Crippen LogP contribution is 2.11. The number of benzene rings is 2. The van der Waals surface area contributed by atoms with Crippen LogP contribution in [0.1, 0.15) is 17.5 Å². The van der Waals surface area contributed by atoms with Gasteiger partial charge in [0.1, 0.15) is 0 Å². The van der Waals surface area contributed by atoms with Gasteiger partial charge in [0.25, 0.3) is 0 Å². The topological polar surface area (TPSA) is 58.2 Å². The fraction of sp³-hybridized carbons (Fsp3) is 0.222. The predicted octanol–water partition coefficient (Wildman–Crippen LogP) is 2.81. The molecule has 120 valence electrons. The molecule has 0 aliphatic heterocycles. The van der Waals surface area contributed by atoms with Crippen molar-refractivity contribution in [2.75, 3.05) is 6.54 Å². The maximum atomic E-state index is 11.8. The first-order valence-corrected chi connectivity index (χ1v) is 8.24. The van der Waals surface area contributed by atoms with E-state index in [4.69, 9.17) is 0 Å². The molecular weight excluding hydrogens is 356 g/mol. The van der Waals surface area contributed by atoms with Gasteiger partial charge in [-0.15, -0.1) is 0 Å². The Hall–Kier alpha value is -2.14. The Bertz CT molecular complexity index is 659. The molecule has 2 aromatic carbocycles. The second kappa shape index (κ2) is 9.10. The van der Waals surface area contributed by atoms with Crippen LogP contribution in [0.25, 0.3) is 0 Å². The van der Waals surface area contributed by atoms with Crippen molar-refractivity contribution in [3.63, 3.8) is 0 Å². The molecule has 0 saturated carbocycles. The van der Waals surface area contributed by atoms with Crippen molar-refractivity contribution >= 4 is 27.7 Å². The van der Waals surface area contributed by atoms with E-state index in [2.05, 4.69) is 26.6 Å². The number of hydrogen-bond donors (Lipinski definition) is 2. The van der Waals surface area contributed by atoms with E-state index in [1.165, 1.54) is 0 Å². The van der Waals surface area contributed by atoms with Crippen LogP contribution in [0.5, 0.6) is 0 Å². The van der Waals surface area contributed by atoms with Crippen LogP contribution in [-0.4, -0.2) is 18.4 Å². The molecule has 0 atom stereocenters. The zero-order valence-corrected chi connectivity index (χ0v) is 14.3. The first-order valence-electron chi connectivity index (χ1n) is 7.45. The number of nitrogens with one attached hydrogen (secondary N) is 2. The minimum atomic E-state index is -0.0787. The lowest BCUT2D eigenvalue weighted by atomic mass is 10.1. The SMILES string of the molecule is O=C(CCNC(=O)Cc1ccccc1)NCc1cccc(Br)c1. The van der Waals surface area contributed by atoms with Gasteiger partial charge in [-0.1, -0.05) is 58.4 Å². The Morgan fingerprint density at radius 2 is 1.61 bits per heavy atom. The van der Waals surface area contributed by atoms with E-state index in [9.17, 15) is 9.59 Å². The highest BCUT2D eigenvalue weighted by molar-refractivity contribution is 9.10. The average Bonchev–Trinajstić information content (AvgIpc) is 2.54.